The summed E-state index contributed by atoms with van der Waals surface area (Å²) in [6.07, 6.45) is 1.42. The number of nitrogens with one attached hydrogen (secondary N) is 2. The molecule has 1 heterocycles. The van der Waals surface area contributed by atoms with Gasteiger partial charge in [0.25, 0.3) is 5.91 Å². The molecule has 2 aromatic rings. The molecule has 0 fully saturated rings. The third-order valence-corrected chi connectivity index (χ3v) is 3.64. The standard InChI is InChI=1S/C17H17ClN2O4/c1-10(12-3-5-14(18)6-4-12)20-16(22)9-24-17(23)15-7-13(8-19-15)11(2)21/h3-8,10,19H,9H2,1-2H3,(H,20,22)/t10-/m0/s1. The molecule has 1 atom stereocenters. The van der Waals surface area contributed by atoms with E-state index in [1.165, 1.54) is 19.2 Å². The second kappa shape index (κ2) is 7.79. The van der Waals surface area contributed by atoms with Crippen molar-refractivity contribution in [2.75, 3.05) is 6.61 Å². The van der Waals surface area contributed by atoms with Crippen LogP contribution in [0.15, 0.2) is 36.5 Å². The summed E-state index contributed by atoms with van der Waals surface area (Å²) in [7, 11) is 0. The Morgan fingerprint density at radius 1 is 1.25 bits per heavy atom. The second-order valence-corrected chi connectivity index (χ2v) is 5.71. The number of benzene rings is 1. The largest absolute Gasteiger partial charge is 0.451 e. The molecule has 0 radical (unpaired) electrons. The fourth-order valence-electron chi connectivity index (χ4n) is 2.04. The van der Waals surface area contributed by atoms with Crippen LogP contribution in [0.4, 0.5) is 0 Å². The third kappa shape index (κ3) is 4.70. The van der Waals surface area contributed by atoms with E-state index < -0.39 is 18.5 Å². The number of ketones is 1. The van der Waals surface area contributed by atoms with Gasteiger partial charge in [-0.3, -0.25) is 9.59 Å². The van der Waals surface area contributed by atoms with Gasteiger partial charge in [-0.05, 0) is 37.6 Å². The van der Waals surface area contributed by atoms with Gasteiger partial charge in [0.05, 0.1) is 6.04 Å². The molecule has 126 valence electrons. The summed E-state index contributed by atoms with van der Waals surface area (Å²) < 4.78 is 4.92. The van der Waals surface area contributed by atoms with Crippen LogP contribution in [-0.4, -0.2) is 29.3 Å². The van der Waals surface area contributed by atoms with Crippen molar-refractivity contribution >= 4 is 29.3 Å². The predicted molar refractivity (Wildman–Crippen MR) is 89.1 cm³/mol. The van der Waals surface area contributed by atoms with E-state index in [0.29, 0.717) is 10.6 Å². The Labute approximate surface area is 144 Å². The first-order chi connectivity index (χ1) is 11.4. The number of halogens is 1. The molecule has 2 rings (SSSR count). The van der Waals surface area contributed by atoms with Crippen molar-refractivity contribution in [3.8, 4) is 0 Å². The predicted octanol–water partition coefficient (Wildman–Crippen LogP) is 2.90. The van der Waals surface area contributed by atoms with Gasteiger partial charge in [-0.25, -0.2) is 4.79 Å². The maximum absolute atomic E-state index is 11.9. The lowest BCUT2D eigenvalue weighted by atomic mass is 10.1. The van der Waals surface area contributed by atoms with Crippen molar-refractivity contribution in [1.82, 2.24) is 10.3 Å². The van der Waals surface area contributed by atoms with Gasteiger partial charge < -0.3 is 15.0 Å². The molecule has 0 saturated carbocycles. The first kappa shape index (κ1) is 17.7. The van der Waals surface area contributed by atoms with Gasteiger partial charge in [0.1, 0.15) is 5.69 Å². The highest BCUT2D eigenvalue weighted by Crippen LogP contribution is 2.15. The van der Waals surface area contributed by atoms with Crippen LogP contribution in [0.25, 0.3) is 0 Å². The molecule has 0 aliphatic carbocycles. The Morgan fingerprint density at radius 3 is 2.50 bits per heavy atom. The van der Waals surface area contributed by atoms with E-state index in [9.17, 15) is 14.4 Å². The van der Waals surface area contributed by atoms with Crippen molar-refractivity contribution in [2.45, 2.75) is 19.9 Å². The van der Waals surface area contributed by atoms with Crippen molar-refractivity contribution < 1.29 is 19.1 Å². The van der Waals surface area contributed by atoms with E-state index in [2.05, 4.69) is 10.3 Å². The molecule has 0 bridgehead atoms. The zero-order valence-electron chi connectivity index (χ0n) is 13.3. The zero-order valence-corrected chi connectivity index (χ0v) is 14.0. The maximum atomic E-state index is 11.9. The summed E-state index contributed by atoms with van der Waals surface area (Å²) in [6.45, 7) is 2.79. The molecular weight excluding hydrogens is 332 g/mol. The molecular formula is C17H17ClN2O4. The van der Waals surface area contributed by atoms with Crippen LogP contribution in [0, 0.1) is 0 Å². The number of ether oxygens (including phenoxy) is 1. The van der Waals surface area contributed by atoms with Gasteiger partial charge in [0.15, 0.2) is 12.4 Å². The molecule has 0 spiro atoms. The summed E-state index contributed by atoms with van der Waals surface area (Å²) in [5.74, 6) is -1.29. The van der Waals surface area contributed by atoms with E-state index in [-0.39, 0.29) is 17.5 Å². The highest BCUT2D eigenvalue weighted by molar-refractivity contribution is 6.30. The van der Waals surface area contributed by atoms with Gasteiger partial charge in [-0.1, -0.05) is 23.7 Å². The maximum Gasteiger partial charge on any atom is 0.355 e. The number of aromatic amines is 1. The fraction of sp³-hybridized carbons (Fsp3) is 0.235. The molecule has 7 heteroatoms. The minimum Gasteiger partial charge on any atom is -0.451 e. The zero-order chi connectivity index (χ0) is 17.7. The second-order valence-electron chi connectivity index (χ2n) is 5.28. The van der Waals surface area contributed by atoms with E-state index in [4.69, 9.17) is 16.3 Å². The SMILES string of the molecule is CC(=O)c1c[nH]c(C(=O)OCC(=O)N[C@@H](C)c2ccc(Cl)cc2)c1. The Morgan fingerprint density at radius 2 is 1.92 bits per heavy atom. The van der Waals surface area contributed by atoms with Crippen molar-refractivity contribution in [3.63, 3.8) is 0 Å². The van der Waals surface area contributed by atoms with Gasteiger partial charge in [-0.2, -0.15) is 0 Å². The van der Waals surface area contributed by atoms with Crippen LogP contribution >= 0.6 is 11.6 Å². The minimum absolute atomic E-state index is 0.124. The molecule has 0 aliphatic heterocycles. The van der Waals surface area contributed by atoms with Crippen LogP contribution in [-0.2, 0) is 9.53 Å². The lowest BCUT2D eigenvalue weighted by Crippen LogP contribution is -2.31. The molecule has 0 saturated heterocycles. The highest BCUT2D eigenvalue weighted by atomic mass is 35.5. The number of carbonyl (C=O) groups excluding carboxylic acids is 3. The molecule has 2 N–H and O–H groups in total. The highest BCUT2D eigenvalue weighted by Gasteiger charge is 2.15. The number of amides is 1. The van der Waals surface area contributed by atoms with Gasteiger partial charge in [-0.15, -0.1) is 0 Å². The summed E-state index contributed by atoms with van der Waals surface area (Å²) in [5.41, 5.74) is 1.39. The topological polar surface area (TPSA) is 88.3 Å². The van der Waals surface area contributed by atoms with E-state index in [1.807, 2.05) is 19.1 Å². The molecule has 0 aliphatic rings. The number of hydrogen-bond acceptors (Lipinski definition) is 4. The summed E-state index contributed by atoms with van der Waals surface area (Å²) in [5, 5.41) is 3.34. The van der Waals surface area contributed by atoms with E-state index in [1.54, 1.807) is 12.1 Å². The van der Waals surface area contributed by atoms with Crippen molar-refractivity contribution in [2.24, 2.45) is 0 Å². The lowest BCUT2D eigenvalue weighted by molar-refractivity contribution is -0.124. The van der Waals surface area contributed by atoms with Crippen LogP contribution in [0.2, 0.25) is 5.02 Å². The van der Waals surface area contributed by atoms with E-state index in [0.717, 1.165) is 5.56 Å². The number of esters is 1. The number of carbonyl (C=O) groups is 3. The monoisotopic (exact) mass is 348 g/mol. The molecule has 1 aromatic carbocycles. The van der Waals surface area contributed by atoms with Gasteiger partial charge in [0.2, 0.25) is 0 Å². The Hall–Kier alpha value is -2.60. The quantitative estimate of drug-likeness (QED) is 0.620. The number of H-pyrrole nitrogens is 1. The van der Waals surface area contributed by atoms with Crippen LogP contribution in [0.1, 0.15) is 46.3 Å². The summed E-state index contributed by atoms with van der Waals surface area (Å²) in [6, 6.07) is 8.22. The normalized spacial score (nSPS) is 11.6. The number of aromatic nitrogens is 1. The Bertz CT molecular complexity index is 752. The Kier molecular flexibility index (Phi) is 5.76. The van der Waals surface area contributed by atoms with Crippen LogP contribution < -0.4 is 5.32 Å². The molecule has 6 nitrogen and oxygen atoms in total. The van der Waals surface area contributed by atoms with E-state index >= 15 is 0 Å². The van der Waals surface area contributed by atoms with Crippen molar-refractivity contribution in [1.29, 1.82) is 0 Å². The van der Waals surface area contributed by atoms with Gasteiger partial charge in [0, 0.05) is 16.8 Å². The number of hydrogen-bond donors (Lipinski definition) is 2. The fourth-order valence-corrected chi connectivity index (χ4v) is 2.17. The summed E-state index contributed by atoms with van der Waals surface area (Å²) in [4.78, 5) is 37.5. The first-order valence-corrected chi connectivity index (χ1v) is 7.66. The molecule has 0 unspecified atom stereocenters. The van der Waals surface area contributed by atoms with Crippen molar-refractivity contribution in [3.05, 3.63) is 58.4 Å². The Balaban J connectivity index is 1.84. The number of rotatable bonds is 6. The van der Waals surface area contributed by atoms with Crippen LogP contribution in [0.5, 0.6) is 0 Å². The van der Waals surface area contributed by atoms with Gasteiger partial charge >= 0.3 is 5.97 Å². The first-order valence-electron chi connectivity index (χ1n) is 7.28. The molecule has 24 heavy (non-hydrogen) atoms. The smallest absolute Gasteiger partial charge is 0.355 e. The molecule has 1 amide bonds. The lowest BCUT2D eigenvalue weighted by Gasteiger charge is -2.14. The van der Waals surface area contributed by atoms with Crippen LogP contribution in [0.3, 0.4) is 0 Å². The average Bonchev–Trinajstić information content (AvgIpc) is 3.03. The average molecular weight is 349 g/mol. The summed E-state index contributed by atoms with van der Waals surface area (Å²) >= 11 is 5.82. The minimum atomic E-state index is -0.697. The molecule has 1 aromatic heterocycles. The third-order valence-electron chi connectivity index (χ3n) is 3.39. The number of Topliss-reactive ketones (excluding diaryl/α,β-unsaturated/α-hetero) is 1.